The Balaban J connectivity index is 1.80. The van der Waals surface area contributed by atoms with Crippen LogP contribution in [0.25, 0.3) is 11.6 Å². The van der Waals surface area contributed by atoms with E-state index in [9.17, 15) is 9.18 Å². The number of carbonyl (C=O) groups excluding carboxylic acids is 1. The molecule has 0 radical (unpaired) electrons. The Morgan fingerprint density at radius 2 is 2.19 bits per heavy atom. The van der Waals surface area contributed by atoms with Gasteiger partial charge in [0.1, 0.15) is 11.8 Å². The van der Waals surface area contributed by atoms with Crippen LogP contribution in [0.5, 0.6) is 11.6 Å². The van der Waals surface area contributed by atoms with Gasteiger partial charge in [-0.2, -0.15) is 10.1 Å². The standard InChI is InChI=1S/C19H17FN4O3/c1-4-26-19(25)13-8-24-17(11(13)3)18(21-9-22-24)27-15-6-5-14-12(16(15)20)7-10(2)23-14/h5-10H,4H2,1-3H3. The summed E-state index contributed by atoms with van der Waals surface area (Å²) >= 11 is 0. The van der Waals surface area contributed by atoms with Crippen molar-refractivity contribution in [2.75, 3.05) is 6.61 Å². The van der Waals surface area contributed by atoms with Gasteiger partial charge in [0.15, 0.2) is 11.6 Å². The molecular formula is C19H17FN4O3. The largest absolute Gasteiger partial charge is 0.462 e. The van der Waals surface area contributed by atoms with Gasteiger partial charge in [-0.1, -0.05) is 0 Å². The lowest BCUT2D eigenvalue weighted by Gasteiger charge is -2.08. The third-order valence-electron chi connectivity index (χ3n) is 4.37. The Morgan fingerprint density at radius 3 is 2.96 bits per heavy atom. The second kappa shape index (κ2) is 6.46. The highest BCUT2D eigenvalue weighted by molar-refractivity contribution is 5.94. The highest BCUT2D eigenvalue weighted by Crippen LogP contribution is 2.29. The highest BCUT2D eigenvalue weighted by atomic mass is 19.1. The molecule has 1 aromatic carbocycles. The zero-order valence-electron chi connectivity index (χ0n) is 15.1. The topological polar surface area (TPSA) is 78.1 Å². The maximum Gasteiger partial charge on any atom is 0.340 e. The molecule has 138 valence electrons. The van der Waals surface area contributed by atoms with Crippen LogP contribution in [0.2, 0.25) is 0 Å². The lowest BCUT2D eigenvalue weighted by atomic mass is 10.2. The van der Waals surface area contributed by atoms with Crippen molar-refractivity contribution in [2.45, 2.75) is 26.8 Å². The molecule has 27 heavy (non-hydrogen) atoms. The minimum absolute atomic E-state index is 0.0354. The van der Waals surface area contributed by atoms with Crippen molar-refractivity contribution in [1.82, 2.24) is 14.6 Å². The van der Waals surface area contributed by atoms with Crippen molar-refractivity contribution >= 4 is 17.6 Å². The fourth-order valence-corrected chi connectivity index (χ4v) is 3.13. The van der Waals surface area contributed by atoms with Gasteiger partial charge in [0.2, 0.25) is 5.88 Å². The van der Waals surface area contributed by atoms with Gasteiger partial charge < -0.3 is 9.47 Å². The Kier molecular flexibility index (Phi) is 4.10. The van der Waals surface area contributed by atoms with E-state index in [1.54, 1.807) is 32.2 Å². The predicted molar refractivity (Wildman–Crippen MR) is 94.9 cm³/mol. The van der Waals surface area contributed by atoms with Crippen molar-refractivity contribution in [3.8, 4) is 11.6 Å². The maximum atomic E-state index is 14.8. The number of esters is 1. The molecule has 1 atom stereocenters. The molecule has 3 aromatic rings. The normalized spacial score (nSPS) is 15.2. The van der Waals surface area contributed by atoms with Crippen molar-refractivity contribution < 1.29 is 18.7 Å². The molecular weight excluding hydrogens is 351 g/mol. The quantitative estimate of drug-likeness (QED) is 0.658. The van der Waals surface area contributed by atoms with E-state index in [0.717, 1.165) is 0 Å². The van der Waals surface area contributed by atoms with E-state index in [1.165, 1.54) is 16.9 Å². The molecule has 0 saturated heterocycles. The van der Waals surface area contributed by atoms with Gasteiger partial charge in [0, 0.05) is 11.4 Å². The van der Waals surface area contributed by atoms with E-state index in [2.05, 4.69) is 15.1 Å². The Morgan fingerprint density at radius 1 is 1.37 bits per heavy atom. The Bertz CT molecular complexity index is 1190. The predicted octanol–water partition coefficient (Wildman–Crippen LogP) is 1.95. The molecule has 2 aromatic heterocycles. The summed E-state index contributed by atoms with van der Waals surface area (Å²) in [6, 6.07) is 3.16. The number of nitrogens with zero attached hydrogens (tertiary/aromatic N) is 4. The second-order valence-corrected chi connectivity index (χ2v) is 6.20. The molecule has 1 aliphatic rings. The van der Waals surface area contributed by atoms with E-state index in [0.29, 0.717) is 27.2 Å². The summed E-state index contributed by atoms with van der Waals surface area (Å²) in [5, 5.41) is 5.12. The average Bonchev–Trinajstić information content (AvgIpc) is 3.19. The number of aromatic nitrogens is 3. The zero-order chi connectivity index (χ0) is 19.1. The molecule has 1 aliphatic heterocycles. The van der Waals surface area contributed by atoms with Crippen LogP contribution >= 0.6 is 0 Å². The van der Waals surface area contributed by atoms with Gasteiger partial charge in [-0.25, -0.2) is 13.7 Å². The molecule has 1 unspecified atom stereocenters. The number of benzene rings is 1. The fraction of sp³-hybridized carbons (Fsp3) is 0.263. The highest BCUT2D eigenvalue weighted by Gasteiger charge is 2.21. The van der Waals surface area contributed by atoms with Gasteiger partial charge in [-0.15, -0.1) is 0 Å². The second-order valence-electron chi connectivity index (χ2n) is 6.20. The number of aryl methyl sites for hydroxylation is 1. The van der Waals surface area contributed by atoms with Crippen LogP contribution in [0.15, 0.2) is 29.6 Å². The number of carbonyl (C=O) groups is 1. The Hall–Kier alpha value is -3.29. The summed E-state index contributed by atoms with van der Waals surface area (Å²) in [5.41, 5.74) is 1.43. The van der Waals surface area contributed by atoms with E-state index >= 15 is 0 Å². The summed E-state index contributed by atoms with van der Waals surface area (Å²) < 4.78 is 27.1. The number of ether oxygens (including phenoxy) is 2. The number of rotatable bonds is 4. The summed E-state index contributed by atoms with van der Waals surface area (Å²) in [4.78, 5) is 20.6. The van der Waals surface area contributed by atoms with Crippen LogP contribution in [0, 0.1) is 12.7 Å². The first-order valence-corrected chi connectivity index (χ1v) is 8.55. The molecule has 7 nitrogen and oxygen atoms in total. The van der Waals surface area contributed by atoms with E-state index in [4.69, 9.17) is 9.47 Å². The number of fused-ring (bicyclic) bond motifs is 2. The average molecular weight is 368 g/mol. The SMILES string of the molecule is CCOC(=O)c1cn2ncnc(Oc3ccc4c(c3F)=CC(C)N=4)c2c1C. The van der Waals surface area contributed by atoms with Crippen molar-refractivity contribution in [1.29, 1.82) is 0 Å². The molecule has 0 amide bonds. The summed E-state index contributed by atoms with van der Waals surface area (Å²) in [7, 11) is 0. The fourth-order valence-electron chi connectivity index (χ4n) is 3.13. The third kappa shape index (κ3) is 2.83. The lowest BCUT2D eigenvalue weighted by Crippen LogP contribution is -2.25. The molecule has 0 bridgehead atoms. The number of halogens is 1. The first-order chi connectivity index (χ1) is 13.0. The molecule has 4 rings (SSSR count). The lowest BCUT2D eigenvalue weighted by molar-refractivity contribution is 0.0525. The Labute approximate surface area is 153 Å². The smallest absolute Gasteiger partial charge is 0.340 e. The van der Waals surface area contributed by atoms with Gasteiger partial charge >= 0.3 is 5.97 Å². The van der Waals surface area contributed by atoms with E-state index in [1.807, 2.05) is 6.92 Å². The van der Waals surface area contributed by atoms with Gasteiger partial charge in [-0.05, 0) is 44.5 Å². The molecule has 0 aliphatic carbocycles. The minimum Gasteiger partial charge on any atom is -0.462 e. The van der Waals surface area contributed by atoms with Crippen LogP contribution in [-0.2, 0) is 4.74 Å². The summed E-state index contributed by atoms with van der Waals surface area (Å²) in [5.74, 6) is -0.763. The van der Waals surface area contributed by atoms with Crippen LogP contribution in [0.1, 0.15) is 29.8 Å². The minimum atomic E-state index is -0.493. The van der Waals surface area contributed by atoms with Gasteiger partial charge in [0.05, 0.1) is 23.6 Å². The molecule has 0 spiro atoms. The monoisotopic (exact) mass is 368 g/mol. The molecule has 0 N–H and O–H groups in total. The van der Waals surface area contributed by atoms with E-state index in [-0.39, 0.29) is 24.3 Å². The molecule has 0 saturated carbocycles. The van der Waals surface area contributed by atoms with Crippen LogP contribution in [-0.4, -0.2) is 33.2 Å². The zero-order valence-corrected chi connectivity index (χ0v) is 15.1. The van der Waals surface area contributed by atoms with Crippen LogP contribution in [0.3, 0.4) is 0 Å². The molecule has 0 fully saturated rings. The first-order valence-electron chi connectivity index (χ1n) is 8.55. The summed E-state index contributed by atoms with van der Waals surface area (Å²) in [6.45, 7) is 5.62. The van der Waals surface area contributed by atoms with Crippen molar-refractivity contribution in [3.63, 3.8) is 0 Å². The van der Waals surface area contributed by atoms with E-state index < -0.39 is 11.8 Å². The first kappa shape index (κ1) is 17.1. The van der Waals surface area contributed by atoms with Crippen LogP contribution in [0.4, 0.5) is 4.39 Å². The van der Waals surface area contributed by atoms with Crippen molar-refractivity contribution in [3.05, 3.63) is 52.2 Å². The maximum absolute atomic E-state index is 14.8. The van der Waals surface area contributed by atoms with Crippen LogP contribution < -0.4 is 15.3 Å². The third-order valence-corrected chi connectivity index (χ3v) is 4.37. The van der Waals surface area contributed by atoms with Gasteiger partial charge in [0.25, 0.3) is 0 Å². The number of hydrogen-bond donors (Lipinski definition) is 0. The summed E-state index contributed by atoms with van der Waals surface area (Å²) in [6.07, 6.45) is 4.57. The molecule has 3 heterocycles. The van der Waals surface area contributed by atoms with Gasteiger partial charge in [-0.3, -0.25) is 4.99 Å². The number of hydrogen-bond acceptors (Lipinski definition) is 6. The molecule has 8 heteroatoms. The van der Waals surface area contributed by atoms with Crippen molar-refractivity contribution in [2.24, 2.45) is 4.99 Å².